The molecule has 2 amide bonds. The Morgan fingerprint density at radius 2 is 2.22 bits per heavy atom. The Morgan fingerprint density at radius 1 is 1.44 bits per heavy atom. The highest BCUT2D eigenvalue weighted by Gasteiger charge is 2.22. The van der Waals surface area contributed by atoms with Crippen molar-refractivity contribution in [3.05, 3.63) is 34.9 Å². The Hall–Kier alpha value is -1.22. The number of likely N-dealkylation sites (tertiary alicyclic amines) is 1. The number of amides is 2. The maximum absolute atomic E-state index is 12.1. The van der Waals surface area contributed by atoms with Gasteiger partial charge in [0, 0.05) is 24.2 Å². The molecule has 1 fully saturated rings. The van der Waals surface area contributed by atoms with Crippen LogP contribution in [0.4, 0.5) is 4.79 Å². The summed E-state index contributed by atoms with van der Waals surface area (Å²) in [7, 11) is 0. The second-order valence-corrected chi connectivity index (χ2v) is 5.20. The summed E-state index contributed by atoms with van der Waals surface area (Å²) in [6, 6.07) is 7.94. The van der Waals surface area contributed by atoms with Crippen molar-refractivity contribution >= 4 is 17.6 Å². The summed E-state index contributed by atoms with van der Waals surface area (Å²) < 4.78 is 0. The molecule has 98 valence electrons. The van der Waals surface area contributed by atoms with Crippen LogP contribution < -0.4 is 5.32 Å². The van der Waals surface area contributed by atoms with Crippen molar-refractivity contribution in [3.8, 4) is 0 Å². The molecule has 1 heterocycles. The number of rotatable bonds is 2. The van der Waals surface area contributed by atoms with Crippen LogP contribution in [-0.4, -0.2) is 23.5 Å². The molecule has 1 unspecified atom stereocenters. The van der Waals surface area contributed by atoms with Crippen LogP contribution in [0.2, 0.25) is 5.02 Å². The minimum absolute atomic E-state index is 0.0159. The molecule has 0 spiro atoms. The number of hydrogen-bond donors (Lipinski definition) is 1. The first kappa shape index (κ1) is 13.2. The molecule has 1 N–H and O–H groups in total. The molecule has 0 radical (unpaired) electrons. The lowest BCUT2D eigenvalue weighted by molar-refractivity contribution is 0.158. The van der Waals surface area contributed by atoms with Gasteiger partial charge in [-0.2, -0.15) is 0 Å². The van der Waals surface area contributed by atoms with E-state index in [-0.39, 0.29) is 6.03 Å². The molecule has 3 nitrogen and oxygen atoms in total. The molecule has 1 aliphatic heterocycles. The maximum atomic E-state index is 12.1. The molecule has 0 aliphatic carbocycles. The second-order valence-electron chi connectivity index (χ2n) is 4.79. The zero-order chi connectivity index (χ0) is 13.0. The van der Waals surface area contributed by atoms with Crippen LogP contribution in [0.1, 0.15) is 31.7 Å². The third-order valence-corrected chi connectivity index (χ3v) is 3.82. The van der Waals surface area contributed by atoms with E-state index in [1.165, 1.54) is 6.42 Å². The van der Waals surface area contributed by atoms with E-state index in [0.29, 0.717) is 17.6 Å². The van der Waals surface area contributed by atoms with E-state index in [2.05, 4.69) is 12.2 Å². The fraction of sp³-hybridized carbons (Fsp3) is 0.500. The monoisotopic (exact) mass is 266 g/mol. The minimum Gasteiger partial charge on any atom is -0.334 e. The van der Waals surface area contributed by atoms with Crippen molar-refractivity contribution in [2.75, 3.05) is 6.54 Å². The number of piperidine rings is 1. The van der Waals surface area contributed by atoms with E-state index in [1.807, 2.05) is 29.2 Å². The Kier molecular flexibility index (Phi) is 4.48. The van der Waals surface area contributed by atoms with E-state index in [9.17, 15) is 4.79 Å². The molecule has 0 bridgehead atoms. The molecule has 0 saturated carbocycles. The predicted octanol–water partition coefficient (Wildman–Crippen LogP) is 3.42. The maximum Gasteiger partial charge on any atom is 0.317 e. The van der Waals surface area contributed by atoms with E-state index in [0.717, 1.165) is 24.9 Å². The van der Waals surface area contributed by atoms with Crippen molar-refractivity contribution in [1.82, 2.24) is 10.2 Å². The number of nitrogens with zero attached hydrogens (tertiary/aromatic N) is 1. The topological polar surface area (TPSA) is 32.3 Å². The smallest absolute Gasteiger partial charge is 0.317 e. The lowest BCUT2D eigenvalue weighted by atomic mass is 10.0. The van der Waals surface area contributed by atoms with E-state index in [4.69, 9.17) is 11.6 Å². The van der Waals surface area contributed by atoms with Crippen molar-refractivity contribution in [1.29, 1.82) is 0 Å². The highest BCUT2D eigenvalue weighted by molar-refractivity contribution is 6.31. The molecule has 1 aromatic carbocycles. The number of urea groups is 1. The number of halogens is 1. The number of hydrogen-bond acceptors (Lipinski definition) is 1. The van der Waals surface area contributed by atoms with Gasteiger partial charge in [-0.05, 0) is 37.8 Å². The van der Waals surface area contributed by atoms with Crippen LogP contribution in [0, 0.1) is 0 Å². The molecule has 1 saturated heterocycles. The fourth-order valence-electron chi connectivity index (χ4n) is 2.31. The number of carbonyl (C=O) groups excluding carboxylic acids is 1. The van der Waals surface area contributed by atoms with Gasteiger partial charge in [-0.15, -0.1) is 0 Å². The summed E-state index contributed by atoms with van der Waals surface area (Å²) in [4.78, 5) is 14.0. The largest absolute Gasteiger partial charge is 0.334 e. The van der Waals surface area contributed by atoms with Crippen molar-refractivity contribution in [3.63, 3.8) is 0 Å². The third-order valence-electron chi connectivity index (χ3n) is 3.45. The fourth-order valence-corrected chi connectivity index (χ4v) is 2.52. The zero-order valence-electron chi connectivity index (χ0n) is 10.7. The predicted molar refractivity (Wildman–Crippen MR) is 73.7 cm³/mol. The first-order chi connectivity index (χ1) is 8.68. The minimum atomic E-state index is 0.0159. The Bertz CT molecular complexity index is 422. The molecule has 0 aromatic heterocycles. The standard InChI is InChI=1S/C14H19ClN2O/c1-11-6-4-5-9-17(11)14(18)16-10-12-7-2-3-8-13(12)15/h2-3,7-8,11H,4-6,9-10H2,1H3,(H,16,18). The van der Waals surface area contributed by atoms with Gasteiger partial charge in [-0.3, -0.25) is 0 Å². The first-order valence-corrected chi connectivity index (χ1v) is 6.84. The Balaban J connectivity index is 1.90. The molecule has 18 heavy (non-hydrogen) atoms. The van der Waals surface area contributed by atoms with Gasteiger partial charge in [0.05, 0.1) is 0 Å². The quantitative estimate of drug-likeness (QED) is 0.874. The van der Waals surface area contributed by atoms with E-state index in [1.54, 1.807) is 0 Å². The first-order valence-electron chi connectivity index (χ1n) is 6.46. The summed E-state index contributed by atoms with van der Waals surface area (Å²) in [5.41, 5.74) is 0.956. The van der Waals surface area contributed by atoms with Gasteiger partial charge in [0.25, 0.3) is 0 Å². The highest BCUT2D eigenvalue weighted by Crippen LogP contribution is 2.17. The Labute approximate surface area is 113 Å². The summed E-state index contributed by atoms with van der Waals surface area (Å²) >= 11 is 6.06. The summed E-state index contributed by atoms with van der Waals surface area (Å²) in [5.74, 6) is 0. The van der Waals surface area contributed by atoms with Crippen LogP contribution in [0.3, 0.4) is 0 Å². The van der Waals surface area contributed by atoms with Crippen LogP contribution in [0.25, 0.3) is 0 Å². The van der Waals surface area contributed by atoms with Crippen LogP contribution in [0.5, 0.6) is 0 Å². The second kappa shape index (κ2) is 6.10. The van der Waals surface area contributed by atoms with Crippen LogP contribution in [-0.2, 0) is 6.54 Å². The molecule has 4 heteroatoms. The molecule has 1 aliphatic rings. The third kappa shape index (κ3) is 3.16. The lowest BCUT2D eigenvalue weighted by Crippen LogP contribution is -2.47. The molecule has 1 aromatic rings. The molecular weight excluding hydrogens is 248 g/mol. The number of nitrogens with one attached hydrogen (secondary N) is 1. The van der Waals surface area contributed by atoms with E-state index < -0.39 is 0 Å². The summed E-state index contributed by atoms with van der Waals surface area (Å²) in [6.07, 6.45) is 3.42. The van der Waals surface area contributed by atoms with Crippen molar-refractivity contribution < 1.29 is 4.79 Å². The van der Waals surface area contributed by atoms with Crippen LogP contribution >= 0.6 is 11.6 Å². The summed E-state index contributed by atoms with van der Waals surface area (Å²) in [6.45, 7) is 3.45. The number of benzene rings is 1. The lowest BCUT2D eigenvalue weighted by Gasteiger charge is -2.33. The van der Waals surface area contributed by atoms with Crippen LogP contribution in [0.15, 0.2) is 24.3 Å². The van der Waals surface area contributed by atoms with Crippen molar-refractivity contribution in [2.45, 2.75) is 38.8 Å². The van der Waals surface area contributed by atoms with Gasteiger partial charge < -0.3 is 10.2 Å². The van der Waals surface area contributed by atoms with Gasteiger partial charge in [-0.25, -0.2) is 4.79 Å². The summed E-state index contributed by atoms with van der Waals surface area (Å²) in [5, 5.41) is 3.64. The average molecular weight is 267 g/mol. The highest BCUT2D eigenvalue weighted by atomic mass is 35.5. The molecular formula is C14H19ClN2O. The number of carbonyl (C=O) groups is 1. The Morgan fingerprint density at radius 3 is 2.94 bits per heavy atom. The van der Waals surface area contributed by atoms with Crippen molar-refractivity contribution in [2.24, 2.45) is 0 Å². The molecule has 2 rings (SSSR count). The van der Waals surface area contributed by atoms with Gasteiger partial charge in [0.1, 0.15) is 0 Å². The average Bonchev–Trinajstić information content (AvgIpc) is 2.38. The van der Waals surface area contributed by atoms with Gasteiger partial charge in [0.15, 0.2) is 0 Å². The molecule has 1 atom stereocenters. The SMILES string of the molecule is CC1CCCCN1C(=O)NCc1ccccc1Cl. The van der Waals surface area contributed by atoms with Gasteiger partial charge in [0.2, 0.25) is 0 Å². The van der Waals surface area contributed by atoms with E-state index >= 15 is 0 Å². The van der Waals surface area contributed by atoms with Gasteiger partial charge in [-0.1, -0.05) is 29.8 Å². The zero-order valence-corrected chi connectivity index (χ0v) is 11.4. The van der Waals surface area contributed by atoms with Gasteiger partial charge >= 0.3 is 6.03 Å². The normalized spacial score (nSPS) is 19.7.